The van der Waals surface area contributed by atoms with E-state index in [0.717, 1.165) is 4.90 Å². The standard InChI is InChI=1S/C15H13NO4S/c16-11-3-1-2-10(15(17)18)14(11)21-9-4-5-12-13(8-9)20-7-6-19-12/h1-5,8H,6-7,16H2,(H,17,18). The van der Waals surface area contributed by atoms with E-state index in [-0.39, 0.29) is 5.56 Å². The van der Waals surface area contributed by atoms with Crippen LogP contribution in [-0.2, 0) is 0 Å². The van der Waals surface area contributed by atoms with E-state index >= 15 is 0 Å². The van der Waals surface area contributed by atoms with Crippen LogP contribution in [0.2, 0.25) is 0 Å². The highest BCUT2D eigenvalue weighted by atomic mass is 32.2. The van der Waals surface area contributed by atoms with Crippen molar-refractivity contribution in [3.05, 3.63) is 42.0 Å². The van der Waals surface area contributed by atoms with Gasteiger partial charge in [0.25, 0.3) is 0 Å². The number of hydrogen-bond donors (Lipinski definition) is 2. The van der Waals surface area contributed by atoms with Crippen molar-refractivity contribution in [2.45, 2.75) is 9.79 Å². The van der Waals surface area contributed by atoms with Gasteiger partial charge in [-0.05, 0) is 30.3 Å². The van der Waals surface area contributed by atoms with E-state index in [1.54, 1.807) is 18.2 Å². The fourth-order valence-corrected chi connectivity index (χ4v) is 3.03. The predicted octanol–water partition coefficient (Wildman–Crippen LogP) is 2.89. The second kappa shape index (κ2) is 5.57. The fraction of sp³-hybridized carbons (Fsp3) is 0.133. The molecular formula is C15H13NO4S. The van der Waals surface area contributed by atoms with E-state index in [1.165, 1.54) is 11.8 Å². The first-order valence-corrected chi connectivity index (χ1v) is 7.16. The number of benzene rings is 2. The van der Waals surface area contributed by atoms with Crippen molar-refractivity contribution >= 4 is 23.4 Å². The summed E-state index contributed by atoms with van der Waals surface area (Å²) in [5, 5.41) is 9.25. The maximum Gasteiger partial charge on any atom is 0.336 e. The lowest BCUT2D eigenvalue weighted by Crippen LogP contribution is -2.15. The number of carboxylic acids is 1. The monoisotopic (exact) mass is 303 g/mol. The quantitative estimate of drug-likeness (QED) is 0.849. The molecule has 0 spiro atoms. The molecular weight excluding hydrogens is 290 g/mol. The van der Waals surface area contributed by atoms with Gasteiger partial charge in [0.2, 0.25) is 0 Å². The first-order chi connectivity index (χ1) is 10.1. The summed E-state index contributed by atoms with van der Waals surface area (Å²) in [4.78, 5) is 12.7. The van der Waals surface area contributed by atoms with Gasteiger partial charge in [0.15, 0.2) is 11.5 Å². The minimum Gasteiger partial charge on any atom is -0.486 e. The Morgan fingerprint density at radius 1 is 1.14 bits per heavy atom. The number of aromatic carboxylic acids is 1. The molecule has 0 amide bonds. The highest BCUT2D eigenvalue weighted by Crippen LogP contribution is 2.39. The van der Waals surface area contributed by atoms with Crippen molar-refractivity contribution in [3.8, 4) is 11.5 Å². The Hall–Kier alpha value is -2.34. The van der Waals surface area contributed by atoms with Gasteiger partial charge in [-0.25, -0.2) is 4.79 Å². The van der Waals surface area contributed by atoms with Gasteiger partial charge >= 0.3 is 5.97 Å². The molecule has 2 aromatic rings. The van der Waals surface area contributed by atoms with Gasteiger partial charge in [-0.15, -0.1) is 0 Å². The van der Waals surface area contributed by atoms with Crippen LogP contribution in [0.1, 0.15) is 10.4 Å². The molecule has 1 aliphatic rings. The average Bonchev–Trinajstić information content (AvgIpc) is 2.49. The maximum absolute atomic E-state index is 11.3. The van der Waals surface area contributed by atoms with Crippen LogP contribution in [-0.4, -0.2) is 24.3 Å². The number of anilines is 1. The predicted molar refractivity (Wildman–Crippen MR) is 79.4 cm³/mol. The minimum atomic E-state index is -0.998. The molecule has 21 heavy (non-hydrogen) atoms. The van der Waals surface area contributed by atoms with Gasteiger partial charge in [0.1, 0.15) is 13.2 Å². The average molecular weight is 303 g/mol. The Balaban J connectivity index is 1.95. The summed E-state index contributed by atoms with van der Waals surface area (Å²) in [6.07, 6.45) is 0. The third kappa shape index (κ3) is 2.75. The van der Waals surface area contributed by atoms with Crippen LogP contribution in [0.4, 0.5) is 5.69 Å². The molecule has 0 saturated heterocycles. The van der Waals surface area contributed by atoms with Crippen LogP contribution in [0, 0.1) is 0 Å². The molecule has 0 unspecified atom stereocenters. The summed E-state index contributed by atoms with van der Waals surface area (Å²) < 4.78 is 11.0. The Bertz CT molecular complexity index is 702. The number of carbonyl (C=O) groups is 1. The van der Waals surface area contributed by atoms with Crippen LogP contribution >= 0.6 is 11.8 Å². The van der Waals surface area contributed by atoms with E-state index in [4.69, 9.17) is 15.2 Å². The lowest BCUT2D eigenvalue weighted by Gasteiger charge is -2.19. The molecule has 0 bridgehead atoms. The number of nitrogen functional groups attached to an aromatic ring is 1. The lowest BCUT2D eigenvalue weighted by atomic mass is 10.2. The molecule has 1 aliphatic heterocycles. The van der Waals surface area contributed by atoms with E-state index in [9.17, 15) is 9.90 Å². The molecule has 108 valence electrons. The molecule has 0 fully saturated rings. The van der Waals surface area contributed by atoms with Crippen LogP contribution < -0.4 is 15.2 Å². The zero-order chi connectivity index (χ0) is 14.8. The normalized spacial score (nSPS) is 13.0. The SMILES string of the molecule is Nc1cccc(C(=O)O)c1Sc1ccc2c(c1)OCCO2. The Morgan fingerprint density at radius 3 is 2.67 bits per heavy atom. The van der Waals surface area contributed by atoms with E-state index in [2.05, 4.69) is 0 Å². The van der Waals surface area contributed by atoms with Crippen molar-refractivity contribution in [2.75, 3.05) is 18.9 Å². The molecule has 2 aromatic carbocycles. The molecule has 3 N–H and O–H groups in total. The largest absolute Gasteiger partial charge is 0.486 e. The van der Waals surface area contributed by atoms with Crippen molar-refractivity contribution in [3.63, 3.8) is 0 Å². The zero-order valence-corrected chi connectivity index (χ0v) is 11.9. The smallest absolute Gasteiger partial charge is 0.336 e. The molecule has 1 heterocycles. The molecule has 0 saturated carbocycles. The molecule has 0 radical (unpaired) electrons. The number of fused-ring (bicyclic) bond motifs is 1. The number of ether oxygens (including phenoxy) is 2. The van der Waals surface area contributed by atoms with Gasteiger partial charge < -0.3 is 20.3 Å². The Morgan fingerprint density at radius 2 is 1.90 bits per heavy atom. The van der Waals surface area contributed by atoms with Crippen LogP contribution in [0.3, 0.4) is 0 Å². The zero-order valence-electron chi connectivity index (χ0n) is 11.0. The van der Waals surface area contributed by atoms with Crippen LogP contribution in [0.5, 0.6) is 11.5 Å². The van der Waals surface area contributed by atoms with Gasteiger partial charge in [-0.3, -0.25) is 0 Å². The van der Waals surface area contributed by atoms with Crippen LogP contribution in [0.25, 0.3) is 0 Å². The molecule has 0 atom stereocenters. The first kappa shape index (κ1) is 13.6. The van der Waals surface area contributed by atoms with E-state index < -0.39 is 5.97 Å². The number of nitrogens with two attached hydrogens (primary N) is 1. The molecule has 0 aliphatic carbocycles. The van der Waals surface area contributed by atoms with Crippen molar-refractivity contribution in [1.29, 1.82) is 0 Å². The van der Waals surface area contributed by atoms with Gasteiger partial charge in [0.05, 0.1) is 5.56 Å². The number of carboxylic acid groups (broad SMARTS) is 1. The Labute approximate surface area is 125 Å². The summed E-state index contributed by atoms with van der Waals surface area (Å²) in [6.45, 7) is 1.04. The second-order valence-electron chi connectivity index (χ2n) is 4.44. The summed E-state index contributed by atoms with van der Waals surface area (Å²) in [6, 6.07) is 10.4. The number of rotatable bonds is 3. The van der Waals surface area contributed by atoms with Crippen LogP contribution in [0.15, 0.2) is 46.2 Å². The second-order valence-corrected chi connectivity index (χ2v) is 5.52. The van der Waals surface area contributed by atoms with Crippen molar-refractivity contribution < 1.29 is 19.4 Å². The van der Waals surface area contributed by atoms with E-state index in [0.29, 0.717) is 35.3 Å². The van der Waals surface area contributed by atoms with Crippen molar-refractivity contribution in [1.82, 2.24) is 0 Å². The van der Waals surface area contributed by atoms with Gasteiger partial charge in [0, 0.05) is 15.5 Å². The topological polar surface area (TPSA) is 81.8 Å². The first-order valence-electron chi connectivity index (χ1n) is 6.34. The third-order valence-corrected chi connectivity index (χ3v) is 4.16. The molecule has 5 nitrogen and oxygen atoms in total. The molecule has 3 rings (SSSR count). The Kier molecular flexibility index (Phi) is 3.62. The summed E-state index contributed by atoms with van der Waals surface area (Å²) >= 11 is 1.30. The maximum atomic E-state index is 11.3. The van der Waals surface area contributed by atoms with Gasteiger partial charge in [-0.2, -0.15) is 0 Å². The summed E-state index contributed by atoms with van der Waals surface area (Å²) in [7, 11) is 0. The number of hydrogen-bond acceptors (Lipinski definition) is 5. The van der Waals surface area contributed by atoms with E-state index in [1.807, 2.05) is 18.2 Å². The minimum absolute atomic E-state index is 0.190. The summed E-state index contributed by atoms with van der Waals surface area (Å²) in [5.41, 5.74) is 6.53. The third-order valence-electron chi connectivity index (χ3n) is 3.01. The highest BCUT2D eigenvalue weighted by molar-refractivity contribution is 7.99. The van der Waals surface area contributed by atoms with Crippen molar-refractivity contribution in [2.24, 2.45) is 0 Å². The fourth-order valence-electron chi connectivity index (χ4n) is 2.04. The molecule has 6 heteroatoms. The van der Waals surface area contributed by atoms with Gasteiger partial charge in [-0.1, -0.05) is 17.8 Å². The highest BCUT2D eigenvalue weighted by Gasteiger charge is 2.16. The summed E-state index contributed by atoms with van der Waals surface area (Å²) in [5.74, 6) is 0.366. The lowest BCUT2D eigenvalue weighted by molar-refractivity contribution is 0.0693. The molecule has 0 aromatic heterocycles.